The molecule has 0 heterocycles. The summed E-state index contributed by atoms with van der Waals surface area (Å²) in [5, 5.41) is 8.21. The van der Waals surface area contributed by atoms with Crippen LogP contribution >= 0.6 is 0 Å². The number of guanidine groups is 1. The summed E-state index contributed by atoms with van der Waals surface area (Å²) in [5.41, 5.74) is 6.84. The lowest BCUT2D eigenvalue weighted by atomic mass is 10.7. The number of nitrogens with one attached hydrogen (secondary N) is 1. The smallest absolute Gasteiger partial charge is 0.212 e. The number of nitrogens with two attached hydrogens (primary N) is 1. The van der Waals surface area contributed by atoms with E-state index in [4.69, 9.17) is 20.4 Å². The summed E-state index contributed by atoms with van der Waals surface area (Å²) in [6.07, 6.45) is 0. The predicted octanol–water partition coefficient (Wildman–Crippen LogP) is -1.06. The first-order chi connectivity index (χ1) is 5.81. The second-order valence-electron chi connectivity index (χ2n) is 1.98. The van der Waals surface area contributed by atoms with Gasteiger partial charge in [-0.1, -0.05) is 0 Å². The van der Waals surface area contributed by atoms with Gasteiger partial charge in [-0.3, -0.25) is 5.21 Å². The summed E-state index contributed by atoms with van der Waals surface area (Å²) in [4.78, 5) is 3.71. The van der Waals surface area contributed by atoms with E-state index in [-0.39, 0.29) is 5.96 Å². The molecule has 4 N–H and O–H groups in total. The zero-order chi connectivity index (χ0) is 9.23. The van der Waals surface area contributed by atoms with Gasteiger partial charge in [-0.2, -0.15) is 0 Å². The maximum absolute atomic E-state index is 8.21. The lowest BCUT2D eigenvalue weighted by molar-refractivity contribution is 0.0747. The molecule has 0 saturated heterocycles. The number of rotatable bonds is 6. The summed E-state index contributed by atoms with van der Waals surface area (Å²) in [5.74, 6) is -0.00894. The Morgan fingerprint density at radius 1 is 1.50 bits per heavy atom. The van der Waals surface area contributed by atoms with Crippen LogP contribution in [0.25, 0.3) is 0 Å². The van der Waals surface area contributed by atoms with Gasteiger partial charge in [0.2, 0.25) is 5.96 Å². The van der Waals surface area contributed by atoms with E-state index in [9.17, 15) is 0 Å². The third kappa shape index (κ3) is 7.26. The van der Waals surface area contributed by atoms with Crippen LogP contribution in [-0.2, 0) is 9.47 Å². The summed E-state index contributed by atoms with van der Waals surface area (Å²) in [6, 6.07) is 0. The van der Waals surface area contributed by atoms with Gasteiger partial charge in [0.05, 0.1) is 26.4 Å². The third-order valence-electron chi connectivity index (χ3n) is 1.06. The molecule has 0 radical (unpaired) electrons. The molecule has 6 nitrogen and oxygen atoms in total. The van der Waals surface area contributed by atoms with Gasteiger partial charge in [-0.05, 0) is 0 Å². The van der Waals surface area contributed by atoms with Crippen LogP contribution < -0.4 is 11.2 Å². The normalized spacial score (nSPS) is 11.7. The van der Waals surface area contributed by atoms with E-state index in [2.05, 4.69) is 4.99 Å². The minimum atomic E-state index is -0.00894. The number of hydrogen-bond acceptors (Lipinski definition) is 4. The fourth-order valence-electron chi connectivity index (χ4n) is 0.510. The van der Waals surface area contributed by atoms with Crippen molar-refractivity contribution < 1.29 is 14.7 Å². The van der Waals surface area contributed by atoms with Gasteiger partial charge in [0, 0.05) is 7.11 Å². The van der Waals surface area contributed by atoms with Crippen LogP contribution in [0.2, 0.25) is 0 Å². The quantitative estimate of drug-likeness (QED) is 0.208. The molecule has 0 unspecified atom stereocenters. The molecule has 0 aliphatic rings. The highest BCUT2D eigenvalue weighted by Gasteiger charge is 1.88. The molecule has 12 heavy (non-hydrogen) atoms. The lowest BCUT2D eigenvalue weighted by Gasteiger charge is -2.01. The van der Waals surface area contributed by atoms with E-state index in [1.807, 2.05) is 0 Å². The molecule has 72 valence electrons. The van der Waals surface area contributed by atoms with Crippen LogP contribution in [0.4, 0.5) is 0 Å². The van der Waals surface area contributed by atoms with Gasteiger partial charge in [-0.15, -0.1) is 0 Å². The topological polar surface area (TPSA) is 89.1 Å². The average molecular weight is 177 g/mol. The van der Waals surface area contributed by atoms with E-state index in [1.165, 1.54) is 0 Å². The highest BCUT2D eigenvalue weighted by Crippen LogP contribution is 1.77. The molecular formula is C6H15N3O3. The van der Waals surface area contributed by atoms with Crippen molar-refractivity contribution in [2.24, 2.45) is 10.7 Å². The Balaban J connectivity index is 3.10. The molecule has 0 aromatic heterocycles. The van der Waals surface area contributed by atoms with Crippen molar-refractivity contribution in [3.63, 3.8) is 0 Å². The number of methoxy groups -OCH3 is 1. The first kappa shape index (κ1) is 11.2. The maximum Gasteiger partial charge on any atom is 0.212 e. The fourth-order valence-corrected chi connectivity index (χ4v) is 0.510. The van der Waals surface area contributed by atoms with Crippen molar-refractivity contribution in [1.29, 1.82) is 0 Å². The molecule has 0 amide bonds. The number of aliphatic imine (C=N–C) groups is 1. The SMILES string of the molecule is COCCOCCN=C(N)NO. The van der Waals surface area contributed by atoms with Crippen molar-refractivity contribution >= 4 is 5.96 Å². The lowest BCUT2D eigenvalue weighted by Crippen LogP contribution is -2.28. The Labute approximate surface area is 71.3 Å². The molecule has 0 atom stereocenters. The van der Waals surface area contributed by atoms with E-state index >= 15 is 0 Å². The molecule has 0 aromatic carbocycles. The molecular weight excluding hydrogens is 162 g/mol. The monoisotopic (exact) mass is 177 g/mol. The first-order valence-corrected chi connectivity index (χ1v) is 3.58. The third-order valence-corrected chi connectivity index (χ3v) is 1.06. The van der Waals surface area contributed by atoms with Gasteiger partial charge in [0.15, 0.2) is 0 Å². The molecule has 0 spiro atoms. The second-order valence-corrected chi connectivity index (χ2v) is 1.98. The molecule has 0 fully saturated rings. The van der Waals surface area contributed by atoms with Crippen molar-refractivity contribution in [2.75, 3.05) is 33.5 Å². The summed E-state index contributed by atoms with van der Waals surface area (Å²) in [7, 11) is 1.61. The molecule has 0 bridgehead atoms. The Morgan fingerprint density at radius 3 is 2.83 bits per heavy atom. The average Bonchev–Trinajstić information content (AvgIpc) is 2.10. The van der Waals surface area contributed by atoms with Crippen LogP contribution in [0.5, 0.6) is 0 Å². The minimum Gasteiger partial charge on any atom is -0.382 e. The fraction of sp³-hybridized carbons (Fsp3) is 0.833. The second kappa shape index (κ2) is 8.25. The largest absolute Gasteiger partial charge is 0.382 e. The van der Waals surface area contributed by atoms with Gasteiger partial charge in [0.25, 0.3) is 0 Å². The van der Waals surface area contributed by atoms with Crippen molar-refractivity contribution in [3.8, 4) is 0 Å². The highest BCUT2D eigenvalue weighted by atomic mass is 16.5. The summed E-state index contributed by atoms with van der Waals surface area (Å²) in [6.45, 7) is 1.99. The van der Waals surface area contributed by atoms with E-state index < -0.39 is 0 Å². The zero-order valence-electron chi connectivity index (χ0n) is 7.12. The van der Waals surface area contributed by atoms with Gasteiger partial charge < -0.3 is 15.2 Å². The van der Waals surface area contributed by atoms with Crippen LogP contribution in [0.15, 0.2) is 4.99 Å². The number of hydroxylamine groups is 1. The van der Waals surface area contributed by atoms with Gasteiger partial charge in [0.1, 0.15) is 0 Å². The van der Waals surface area contributed by atoms with Crippen LogP contribution in [-0.4, -0.2) is 44.6 Å². The molecule has 0 aliphatic heterocycles. The van der Waals surface area contributed by atoms with Gasteiger partial charge in [-0.25, -0.2) is 10.5 Å². The van der Waals surface area contributed by atoms with Crippen LogP contribution in [0.1, 0.15) is 0 Å². The highest BCUT2D eigenvalue weighted by molar-refractivity contribution is 5.76. The van der Waals surface area contributed by atoms with Crippen LogP contribution in [0.3, 0.4) is 0 Å². The van der Waals surface area contributed by atoms with Gasteiger partial charge >= 0.3 is 0 Å². The van der Waals surface area contributed by atoms with E-state index in [0.29, 0.717) is 26.4 Å². The van der Waals surface area contributed by atoms with Crippen molar-refractivity contribution in [2.45, 2.75) is 0 Å². The Morgan fingerprint density at radius 2 is 2.25 bits per heavy atom. The summed E-state index contributed by atoms with van der Waals surface area (Å²) < 4.78 is 9.82. The Bertz CT molecular complexity index is 129. The number of ether oxygens (including phenoxy) is 2. The Kier molecular flexibility index (Phi) is 7.66. The number of nitrogens with zero attached hydrogens (tertiary/aromatic N) is 1. The van der Waals surface area contributed by atoms with Crippen molar-refractivity contribution in [1.82, 2.24) is 5.48 Å². The summed E-state index contributed by atoms with van der Waals surface area (Å²) >= 11 is 0. The first-order valence-electron chi connectivity index (χ1n) is 3.58. The molecule has 0 aliphatic carbocycles. The van der Waals surface area contributed by atoms with E-state index in [1.54, 1.807) is 12.6 Å². The van der Waals surface area contributed by atoms with E-state index in [0.717, 1.165) is 0 Å². The minimum absolute atomic E-state index is 0.00894. The number of hydrogen-bond donors (Lipinski definition) is 3. The molecule has 0 saturated carbocycles. The predicted molar refractivity (Wildman–Crippen MR) is 44.1 cm³/mol. The molecule has 0 rings (SSSR count). The molecule has 6 heteroatoms. The van der Waals surface area contributed by atoms with Crippen LogP contribution in [0, 0.1) is 0 Å². The molecule has 0 aromatic rings. The van der Waals surface area contributed by atoms with Crippen molar-refractivity contribution in [3.05, 3.63) is 0 Å². The Hall–Kier alpha value is -0.850. The zero-order valence-corrected chi connectivity index (χ0v) is 7.12. The standard InChI is InChI=1S/C6H15N3O3/c1-11-4-5-12-3-2-8-6(7)9-10/h10H,2-5H2,1H3,(H3,7,8,9). The maximum atomic E-state index is 8.21.